The van der Waals surface area contributed by atoms with Crippen LogP contribution in [0.5, 0.6) is 0 Å². The van der Waals surface area contributed by atoms with Crippen LogP contribution in [-0.4, -0.2) is 104 Å². The number of amides is 1. The SMILES string of the molecule is CCC(CN)N1CCN(CC(=O)N2CCN(C)CC2)CC1. The molecule has 0 bridgehead atoms. The third-order valence-corrected chi connectivity index (χ3v) is 4.88. The predicted molar refractivity (Wildman–Crippen MR) is 85.2 cm³/mol. The van der Waals surface area contributed by atoms with Crippen molar-refractivity contribution in [1.82, 2.24) is 19.6 Å². The summed E-state index contributed by atoms with van der Waals surface area (Å²) >= 11 is 0. The Hall–Kier alpha value is -0.690. The fourth-order valence-corrected chi connectivity index (χ4v) is 3.21. The van der Waals surface area contributed by atoms with Crippen molar-refractivity contribution in [2.24, 2.45) is 5.73 Å². The zero-order valence-electron chi connectivity index (χ0n) is 13.6. The number of likely N-dealkylation sites (N-methyl/N-ethyl adjacent to an activating group) is 1. The summed E-state index contributed by atoms with van der Waals surface area (Å²) in [6.07, 6.45) is 1.11. The molecule has 2 fully saturated rings. The average Bonchev–Trinajstić information content (AvgIpc) is 2.51. The van der Waals surface area contributed by atoms with Gasteiger partial charge in [-0.25, -0.2) is 0 Å². The highest BCUT2D eigenvalue weighted by molar-refractivity contribution is 5.78. The number of hydrogen-bond donors (Lipinski definition) is 1. The lowest BCUT2D eigenvalue weighted by atomic mass is 10.1. The lowest BCUT2D eigenvalue weighted by Gasteiger charge is -2.39. The van der Waals surface area contributed by atoms with E-state index in [0.29, 0.717) is 18.5 Å². The molecule has 6 nitrogen and oxygen atoms in total. The Labute approximate surface area is 128 Å². The van der Waals surface area contributed by atoms with E-state index in [2.05, 4.69) is 28.7 Å². The van der Waals surface area contributed by atoms with Gasteiger partial charge < -0.3 is 15.5 Å². The van der Waals surface area contributed by atoms with E-state index >= 15 is 0 Å². The van der Waals surface area contributed by atoms with Gasteiger partial charge in [-0.3, -0.25) is 14.6 Å². The van der Waals surface area contributed by atoms with Crippen molar-refractivity contribution in [3.63, 3.8) is 0 Å². The molecule has 1 unspecified atom stereocenters. The van der Waals surface area contributed by atoms with Gasteiger partial charge in [0.25, 0.3) is 0 Å². The molecule has 21 heavy (non-hydrogen) atoms. The maximum atomic E-state index is 12.3. The quantitative estimate of drug-likeness (QED) is 0.714. The number of rotatable bonds is 5. The molecule has 0 aromatic rings. The molecule has 6 heteroatoms. The number of nitrogens with two attached hydrogens (primary N) is 1. The van der Waals surface area contributed by atoms with Gasteiger partial charge in [0, 0.05) is 64.9 Å². The first kappa shape index (κ1) is 16.7. The van der Waals surface area contributed by atoms with Crippen molar-refractivity contribution in [2.75, 3.05) is 72.5 Å². The van der Waals surface area contributed by atoms with Crippen LogP contribution in [0.4, 0.5) is 0 Å². The standard InChI is InChI=1S/C15H31N5O/c1-3-14(12-16)19-10-6-18(7-11-19)13-15(21)20-8-4-17(2)5-9-20/h14H,3-13,16H2,1-2H3. The average molecular weight is 297 g/mol. The summed E-state index contributed by atoms with van der Waals surface area (Å²) in [5.41, 5.74) is 5.82. The number of carbonyl (C=O) groups is 1. The second kappa shape index (κ2) is 8.08. The van der Waals surface area contributed by atoms with Gasteiger partial charge >= 0.3 is 0 Å². The molecule has 0 radical (unpaired) electrons. The second-order valence-electron chi connectivity index (χ2n) is 6.29. The van der Waals surface area contributed by atoms with Gasteiger partial charge in [0.1, 0.15) is 0 Å². The molecule has 1 atom stereocenters. The summed E-state index contributed by atoms with van der Waals surface area (Å²) in [4.78, 5) is 21.4. The molecule has 2 heterocycles. The van der Waals surface area contributed by atoms with Crippen molar-refractivity contribution in [3.8, 4) is 0 Å². The van der Waals surface area contributed by atoms with Crippen LogP contribution in [0.3, 0.4) is 0 Å². The van der Waals surface area contributed by atoms with Crippen LogP contribution in [0.15, 0.2) is 0 Å². The molecule has 0 aliphatic carbocycles. The summed E-state index contributed by atoms with van der Waals surface area (Å²) in [6.45, 7) is 11.3. The Balaban J connectivity index is 1.72. The van der Waals surface area contributed by atoms with Crippen LogP contribution in [0, 0.1) is 0 Å². The molecule has 2 aliphatic heterocycles. The first-order chi connectivity index (χ1) is 10.1. The summed E-state index contributed by atoms with van der Waals surface area (Å²) in [5, 5.41) is 0. The lowest BCUT2D eigenvalue weighted by molar-refractivity contribution is -0.134. The molecule has 2 aliphatic rings. The predicted octanol–water partition coefficient (Wildman–Crippen LogP) is -0.885. The van der Waals surface area contributed by atoms with E-state index in [0.717, 1.165) is 65.3 Å². The maximum Gasteiger partial charge on any atom is 0.236 e. The van der Waals surface area contributed by atoms with Crippen molar-refractivity contribution in [3.05, 3.63) is 0 Å². The van der Waals surface area contributed by atoms with Crippen molar-refractivity contribution < 1.29 is 4.79 Å². The largest absolute Gasteiger partial charge is 0.339 e. The smallest absolute Gasteiger partial charge is 0.236 e. The Morgan fingerprint density at radius 2 is 1.67 bits per heavy atom. The van der Waals surface area contributed by atoms with Crippen molar-refractivity contribution in [2.45, 2.75) is 19.4 Å². The van der Waals surface area contributed by atoms with Crippen LogP contribution in [0.2, 0.25) is 0 Å². The Morgan fingerprint density at radius 3 is 2.19 bits per heavy atom. The molecule has 2 N–H and O–H groups in total. The minimum Gasteiger partial charge on any atom is -0.339 e. The highest BCUT2D eigenvalue weighted by atomic mass is 16.2. The Kier molecular flexibility index (Phi) is 6.41. The highest BCUT2D eigenvalue weighted by Crippen LogP contribution is 2.09. The minimum atomic E-state index is 0.294. The monoisotopic (exact) mass is 297 g/mol. The highest BCUT2D eigenvalue weighted by Gasteiger charge is 2.25. The molecule has 2 saturated heterocycles. The lowest BCUT2D eigenvalue weighted by Crippen LogP contribution is -2.55. The molecular weight excluding hydrogens is 266 g/mol. The topological polar surface area (TPSA) is 56.1 Å². The number of carbonyl (C=O) groups excluding carboxylic acids is 1. The molecule has 122 valence electrons. The fraction of sp³-hybridized carbons (Fsp3) is 0.933. The van der Waals surface area contributed by atoms with Gasteiger partial charge in [-0.15, -0.1) is 0 Å². The van der Waals surface area contributed by atoms with E-state index in [1.807, 2.05) is 4.90 Å². The van der Waals surface area contributed by atoms with E-state index in [-0.39, 0.29) is 0 Å². The first-order valence-corrected chi connectivity index (χ1v) is 8.26. The van der Waals surface area contributed by atoms with Crippen LogP contribution < -0.4 is 5.73 Å². The third-order valence-electron chi connectivity index (χ3n) is 4.88. The fourth-order valence-electron chi connectivity index (χ4n) is 3.21. The van der Waals surface area contributed by atoms with Gasteiger partial charge in [-0.1, -0.05) is 6.92 Å². The van der Waals surface area contributed by atoms with Crippen LogP contribution in [-0.2, 0) is 4.79 Å². The van der Waals surface area contributed by atoms with E-state index in [4.69, 9.17) is 5.73 Å². The summed E-state index contributed by atoms with van der Waals surface area (Å²) in [6, 6.07) is 0.500. The Morgan fingerprint density at radius 1 is 1.05 bits per heavy atom. The Bertz CT molecular complexity index is 318. The molecule has 0 spiro atoms. The summed E-state index contributed by atoms with van der Waals surface area (Å²) in [5.74, 6) is 0.294. The number of piperazine rings is 2. The number of nitrogens with zero attached hydrogens (tertiary/aromatic N) is 4. The first-order valence-electron chi connectivity index (χ1n) is 8.26. The van der Waals surface area contributed by atoms with Gasteiger partial charge in [0.2, 0.25) is 5.91 Å². The van der Waals surface area contributed by atoms with Crippen LogP contribution in [0.1, 0.15) is 13.3 Å². The van der Waals surface area contributed by atoms with Crippen LogP contribution in [0.25, 0.3) is 0 Å². The molecule has 1 amide bonds. The molecular formula is C15H31N5O. The number of hydrogen-bond acceptors (Lipinski definition) is 5. The summed E-state index contributed by atoms with van der Waals surface area (Å²) < 4.78 is 0. The van der Waals surface area contributed by atoms with Gasteiger partial charge in [-0.05, 0) is 13.5 Å². The zero-order chi connectivity index (χ0) is 15.2. The van der Waals surface area contributed by atoms with E-state index < -0.39 is 0 Å². The van der Waals surface area contributed by atoms with Crippen LogP contribution >= 0.6 is 0 Å². The second-order valence-corrected chi connectivity index (χ2v) is 6.29. The molecule has 0 saturated carbocycles. The van der Waals surface area contributed by atoms with Crippen molar-refractivity contribution >= 4 is 5.91 Å². The third kappa shape index (κ3) is 4.64. The van der Waals surface area contributed by atoms with E-state index in [1.54, 1.807) is 0 Å². The van der Waals surface area contributed by atoms with E-state index in [1.165, 1.54) is 0 Å². The molecule has 0 aromatic carbocycles. The van der Waals surface area contributed by atoms with Gasteiger partial charge in [0.05, 0.1) is 6.54 Å². The van der Waals surface area contributed by atoms with Gasteiger partial charge in [0.15, 0.2) is 0 Å². The summed E-state index contributed by atoms with van der Waals surface area (Å²) in [7, 11) is 2.11. The minimum absolute atomic E-state index is 0.294. The molecule has 2 rings (SSSR count). The maximum absolute atomic E-state index is 12.3. The normalized spacial score (nSPS) is 24.2. The zero-order valence-corrected chi connectivity index (χ0v) is 13.6. The van der Waals surface area contributed by atoms with Gasteiger partial charge in [-0.2, -0.15) is 0 Å². The molecule has 0 aromatic heterocycles. The van der Waals surface area contributed by atoms with Crippen molar-refractivity contribution in [1.29, 1.82) is 0 Å². The van der Waals surface area contributed by atoms with E-state index in [9.17, 15) is 4.79 Å².